The van der Waals surface area contributed by atoms with Gasteiger partial charge in [0.25, 0.3) is 0 Å². The van der Waals surface area contributed by atoms with E-state index in [2.05, 4.69) is 15.5 Å². The number of nitrogens with two attached hydrogens (primary N) is 1. The molecule has 2 amide bonds. The zero-order chi connectivity index (χ0) is 20.5. The Morgan fingerprint density at radius 2 is 1.70 bits per heavy atom. The normalized spacial score (nSPS) is 11.6. The van der Waals surface area contributed by atoms with E-state index >= 15 is 0 Å². The fourth-order valence-electron chi connectivity index (χ4n) is 2.22. The second-order valence-corrected chi connectivity index (χ2v) is 6.09. The number of carbonyl (C=O) groups is 4. The Kier molecular flexibility index (Phi) is 14.9. The highest BCUT2D eigenvalue weighted by Crippen LogP contribution is 2.05. The first-order chi connectivity index (χ1) is 12.9. The summed E-state index contributed by atoms with van der Waals surface area (Å²) >= 11 is 0. The maximum Gasteiger partial charge on any atom is 0.303 e. The molecule has 0 radical (unpaired) electrons. The first-order valence-electron chi connectivity index (χ1n) is 9.04. The van der Waals surface area contributed by atoms with Crippen molar-refractivity contribution in [3.05, 3.63) is 0 Å². The van der Waals surface area contributed by atoms with E-state index < -0.39 is 17.9 Å². The van der Waals surface area contributed by atoms with Crippen LogP contribution >= 0.6 is 0 Å². The van der Waals surface area contributed by atoms with Crippen molar-refractivity contribution in [2.75, 3.05) is 26.4 Å². The average Bonchev–Trinajstić information content (AvgIpc) is 2.60. The molecule has 0 saturated carbocycles. The number of Topliss-reactive ketones (excluding diaryl/α,β-unsaturated/α-hetero) is 1. The summed E-state index contributed by atoms with van der Waals surface area (Å²) in [6.45, 7) is 2.50. The molecule has 0 aliphatic carbocycles. The van der Waals surface area contributed by atoms with Crippen LogP contribution in [0.5, 0.6) is 0 Å². The SMILES string of the molecule is CC(=O)CCCCCC(=O)N[C@@H](CCC(=O)O)C(=O)NCCOCCON. The van der Waals surface area contributed by atoms with Gasteiger partial charge in [0.05, 0.1) is 19.8 Å². The predicted octanol–water partition coefficient (Wildman–Crippen LogP) is -0.101. The van der Waals surface area contributed by atoms with Gasteiger partial charge in [0.2, 0.25) is 11.8 Å². The van der Waals surface area contributed by atoms with Gasteiger partial charge in [-0.3, -0.25) is 14.4 Å². The van der Waals surface area contributed by atoms with E-state index in [9.17, 15) is 19.2 Å². The summed E-state index contributed by atoms with van der Waals surface area (Å²) in [7, 11) is 0. The average molecular weight is 389 g/mol. The molecule has 10 heteroatoms. The van der Waals surface area contributed by atoms with Crippen LogP contribution in [0.25, 0.3) is 0 Å². The number of rotatable bonds is 17. The van der Waals surface area contributed by atoms with Crippen LogP contribution in [-0.2, 0) is 28.8 Å². The molecule has 27 heavy (non-hydrogen) atoms. The summed E-state index contributed by atoms with van der Waals surface area (Å²) in [6.07, 6.45) is 2.54. The molecule has 0 aliphatic rings. The number of carbonyl (C=O) groups excluding carboxylic acids is 3. The number of carboxylic acid groups (broad SMARTS) is 1. The van der Waals surface area contributed by atoms with Crippen molar-refractivity contribution in [3.8, 4) is 0 Å². The van der Waals surface area contributed by atoms with E-state index in [0.717, 1.165) is 12.8 Å². The third-order valence-corrected chi connectivity index (χ3v) is 3.62. The Hall–Kier alpha value is -2.04. The van der Waals surface area contributed by atoms with E-state index in [1.807, 2.05) is 0 Å². The Morgan fingerprint density at radius 1 is 1.00 bits per heavy atom. The lowest BCUT2D eigenvalue weighted by Crippen LogP contribution is -2.47. The molecular formula is C17H31N3O7. The molecule has 0 aromatic rings. The highest BCUT2D eigenvalue weighted by Gasteiger charge is 2.21. The van der Waals surface area contributed by atoms with Gasteiger partial charge in [0.15, 0.2) is 0 Å². The standard InChI is InChI=1S/C17H31N3O7/c1-13(21)5-3-2-4-6-15(22)20-14(7-8-16(23)24)17(25)19-9-10-26-11-12-27-18/h14H,2-12,18H2,1H3,(H,19,25)(H,20,22)(H,23,24)/t14-/m0/s1. The molecule has 0 fully saturated rings. The molecule has 0 spiro atoms. The molecule has 0 bridgehead atoms. The first-order valence-corrected chi connectivity index (χ1v) is 9.04. The number of amides is 2. The fraction of sp³-hybridized carbons (Fsp3) is 0.765. The third kappa shape index (κ3) is 15.9. The minimum absolute atomic E-state index is 0.000879. The van der Waals surface area contributed by atoms with Crippen molar-refractivity contribution < 1.29 is 33.9 Å². The van der Waals surface area contributed by atoms with Crippen molar-refractivity contribution in [3.63, 3.8) is 0 Å². The molecule has 0 unspecified atom stereocenters. The van der Waals surface area contributed by atoms with E-state index in [1.54, 1.807) is 0 Å². The fourth-order valence-corrected chi connectivity index (χ4v) is 2.22. The van der Waals surface area contributed by atoms with Crippen molar-refractivity contribution in [2.24, 2.45) is 5.90 Å². The predicted molar refractivity (Wildman–Crippen MR) is 96.5 cm³/mol. The summed E-state index contributed by atoms with van der Waals surface area (Å²) in [4.78, 5) is 50.1. The monoisotopic (exact) mass is 389 g/mol. The second-order valence-electron chi connectivity index (χ2n) is 6.09. The van der Waals surface area contributed by atoms with Gasteiger partial charge in [0, 0.05) is 25.8 Å². The summed E-state index contributed by atoms with van der Waals surface area (Å²) in [5.41, 5.74) is 0. The maximum absolute atomic E-state index is 12.2. The Bertz CT molecular complexity index is 471. The topological polar surface area (TPSA) is 157 Å². The van der Waals surface area contributed by atoms with Crippen LogP contribution in [0, 0.1) is 0 Å². The lowest BCUT2D eigenvalue weighted by Gasteiger charge is -2.18. The van der Waals surface area contributed by atoms with Crippen molar-refractivity contribution in [2.45, 2.75) is 57.9 Å². The number of nitrogens with one attached hydrogen (secondary N) is 2. The number of ketones is 1. The molecule has 0 aliphatic heterocycles. The Balaban J connectivity index is 4.23. The number of hydrogen-bond donors (Lipinski definition) is 4. The van der Waals surface area contributed by atoms with Crippen LogP contribution in [0.15, 0.2) is 0 Å². The van der Waals surface area contributed by atoms with E-state index in [-0.39, 0.29) is 57.3 Å². The summed E-state index contributed by atoms with van der Waals surface area (Å²) < 4.78 is 5.15. The minimum Gasteiger partial charge on any atom is -0.481 e. The van der Waals surface area contributed by atoms with Crippen molar-refractivity contribution >= 4 is 23.6 Å². The molecular weight excluding hydrogens is 358 g/mol. The van der Waals surface area contributed by atoms with Crippen molar-refractivity contribution in [1.29, 1.82) is 0 Å². The van der Waals surface area contributed by atoms with Crippen LogP contribution in [0.2, 0.25) is 0 Å². The summed E-state index contributed by atoms with van der Waals surface area (Å²) in [5.74, 6) is 3.14. The number of unbranched alkanes of at least 4 members (excludes halogenated alkanes) is 2. The number of hydrogen-bond acceptors (Lipinski definition) is 7. The highest BCUT2D eigenvalue weighted by atomic mass is 16.6. The third-order valence-electron chi connectivity index (χ3n) is 3.62. The molecule has 0 rings (SSSR count). The van der Waals surface area contributed by atoms with Gasteiger partial charge in [-0.15, -0.1) is 0 Å². The largest absolute Gasteiger partial charge is 0.481 e. The van der Waals surface area contributed by atoms with Crippen LogP contribution < -0.4 is 16.5 Å². The van der Waals surface area contributed by atoms with Gasteiger partial charge in [0.1, 0.15) is 11.8 Å². The van der Waals surface area contributed by atoms with Gasteiger partial charge in [-0.25, -0.2) is 5.90 Å². The summed E-state index contributed by atoms with van der Waals surface area (Å²) in [5, 5.41) is 14.0. The molecule has 5 N–H and O–H groups in total. The van der Waals surface area contributed by atoms with Crippen LogP contribution in [0.3, 0.4) is 0 Å². The molecule has 0 saturated heterocycles. The van der Waals surface area contributed by atoms with Crippen LogP contribution in [0.1, 0.15) is 51.9 Å². The quantitative estimate of drug-likeness (QED) is 0.198. The molecule has 0 aromatic carbocycles. The Labute approximate surface area is 159 Å². The molecule has 1 atom stereocenters. The lowest BCUT2D eigenvalue weighted by molar-refractivity contribution is -0.138. The second kappa shape index (κ2) is 16.2. The zero-order valence-electron chi connectivity index (χ0n) is 15.8. The van der Waals surface area contributed by atoms with Gasteiger partial charge in [-0.1, -0.05) is 6.42 Å². The first kappa shape index (κ1) is 25.0. The van der Waals surface area contributed by atoms with Crippen molar-refractivity contribution in [1.82, 2.24) is 10.6 Å². The lowest BCUT2D eigenvalue weighted by atomic mass is 10.1. The van der Waals surface area contributed by atoms with Gasteiger partial charge in [-0.2, -0.15) is 0 Å². The molecule has 10 nitrogen and oxygen atoms in total. The Morgan fingerprint density at radius 3 is 2.33 bits per heavy atom. The van der Waals surface area contributed by atoms with Crippen LogP contribution in [0.4, 0.5) is 0 Å². The zero-order valence-corrected chi connectivity index (χ0v) is 15.8. The van der Waals surface area contributed by atoms with E-state index in [1.165, 1.54) is 6.92 Å². The number of ether oxygens (including phenoxy) is 1. The molecule has 0 aromatic heterocycles. The van der Waals surface area contributed by atoms with Crippen LogP contribution in [-0.4, -0.2) is 61.1 Å². The van der Waals surface area contributed by atoms with E-state index in [4.69, 9.17) is 15.7 Å². The van der Waals surface area contributed by atoms with E-state index in [0.29, 0.717) is 12.8 Å². The summed E-state index contributed by atoms with van der Waals surface area (Å²) in [6, 6.07) is -0.918. The smallest absolute Gasteiger partial charge is 0.303 e. The molecule has 0 heterocycles. The molecule has 156 valence electrons. The van der Waals surface area contributed by atoms with Gasteiger partial charge < -0.3 is 30.1 Å². The minimum atomic E-state index is -1.05. The van der Waals surface area contributed by atoms with Gasteiger partial charge >= 0.3 is 5.97 Å². The highest BCUT2D eigenvalue weighted by molar-refractivity contribution is 5.88. The number of aliphatic carboxylic acids is 1. The number of carboxylic acids is 1. The van der Waals surface area contributed by atoms with Gasteiger partial charge in [-0.05, 0) is 26.2 Å². The maximum atomic E-state index is 12.2.